The maximum Gasteiger partial charge on any atom is 0.291 e. The topological polar surface area (TPSA) is 67.5 Å². The van der Waals surface area contributed by atoms with E-state index < -0.39 is 0 Å². The fourth-order valence-corrected chi connectivity index (χ4v) is 3.31. The minimum absolute atomic E-state index is 0.0742. The Bertz CT molecular complexity index is 1240. The van der Waals surface area contributed by atoms with E-state index in [1.54, 1.807) is 41.1 Å². The van der Waals surface area contributed by atoms with E-state index in [0.717, 1.165) is 12.1 Å². The molecular formula is C24H23N3O3. The van der Waals surface area contributed by atoms with Gasteiger partial charge in [-0.15, -0.1) is 0 Å². The number of hydrogen-bond donors (Lipinski definition) is 1. The lowest BCUT2D eigenvalue weighted by molar-refractivity contribution is 0.0997. The molecule has 0 aliphatic heterocycles. The van der Waals surface area contributed by atoms with Crippen molar-refractivity contribution < 1.29 is 9.21 Å². The summed E-state index contributed by atoms with van der Waals surface area (Å²) in [4.78, 5) is 27.6. The Kier molecular flexibility index (Phi) is 5.50. The summed E-state index contributed by atoms with van der Waals surface area (Å²) in [5, 5.41) is 4.14. The molecule has 152 valence electrons. The first-order valence-corrected chi connectivity index (χ1v) is 9.76. The largest absolute Gasteiger partial charge is 0.451 e. The van der Waals surface area contributed by atoms with E-state index in [2.05, 4.69) is 5.32 Å². The van der Waals surface area contributed by atoms with Crippen molar-refractivity contribution in [1.82, 2.24) is 9.47 Å². The Morgan fingerprint density at radius 3 is 2.53 bits per heavy atom. The highest BCUT2D eigenvalue weighted by atomic mass is 16.3. The standard InChI is InChI=1S/C24H23N3O3/c1-26(2)15-16-27-14-13-18-19(24(27)29)9-6-10-20(18)25-23(28)22-12-11-21(30-22)17-7-4-3-5-8-17/h3-14H,15-16H2,1-2H3,(H,25,28). The van der Waals surface area contributed by atoms with Crippen LogP contribution in [0.25, 0.3) is 22.1 Å². The Morgan fingerprint density at radius 2 is 1.77 bits per heavy atom. The third-order valence-electron chi connectivity index (χ3n) is 4.94. The number of fused-ring (bicyclic) bond motifs is 1. The van der Waals surface area contributed by atoms with E-state index >= 15 is 0 Å². The number of benzene rings is 2. The quantitative estimate of drug-likeness (QED) is 0.529. The third kappa shape index (κ3) is 4.04. The van der Waals surface area contributed by atoms with Gasteiger partial charge in [-0.05, 0) is 44.4 Å². The zero-order valence-corrected chi connectivity index (χ0v) is 17.0. The van der Waals surface area contributed by atoms with Gasteiger partial charge < -0.3 is 19.2 Å². The number of carbonyl (C=O) groups excluding carboxylic acids is 1. The van der Waals surface area contributed by atoms with Crippen LogP contribution >= 0.6 is 0 Å². The van der Waals surface area contributed by atoms with Gasteiger partial charge in [0.1, 0.15) is 5.76 Å². The normalized spacial score (nSPS) is 11.2. The monoisotopic (exact) mass is 401 g/mol. The average Bonchev–Trinajstić information content (AvgIpc) is 3.25. The number of pyridine rings is 1. The van der Waals surface area contributed by atoms with Crippen molar-refractivity contribution in [3.8, 4) is 11.3 Å². The number of nitrogens with zero attached hydrogens (tertiary/aromatic N) is 2. The number of aromatic nitrogens is 1. The summed E-state index contributed by atoms with van der Waals surface area (Å²) < 4.78 is 7.42. The number of nitrogens with one attached hydrogen (secondary N) is 1. The highest BCUT2D eigenvalue weighted by molar-refractivity contribution is 6.07. The van der Waals surface area contributed by atoms with Crippen molar-refractivity contribution in [2.45, 2.75) is 6.54 Å². The number of anilines is 1. The predicted molar refractivity (Wildman–Crippen MR) is 119 cm³/mol. The molecular weight excluding hydrogens is 378 g/mol. The van der Waals surface area contributed by atoms with Gasteiger partial charge in [0.25, 0.3) is 11.5 Å². The molecule has 2 aromatic carbocycles. The van der Waals surface area contributed by atoms with E-state index in [0.29, 0.717) is 28.8 Å². The zero-order chi connectivity index (χ0) is 21.1. The summed E-state index contributed by atoms with van der Waals surface area (Å²) in [6.07, 6.45) is 1.77. The predicted octanol–water partition coefficient (Wildman–Crippen LogP) is 4.08. The Labute approximate surface area is 174 Å². The second kappa shape index (κ2) is 8.39. The summed E-state index contributed by atoms with van der Waals surface area (Å²) in [6, 6.07) is 20.2. The first kappa shape index (κ1) is 19.7. The summed E-state index contributed by atoms with van der Waals surface area (Å²) in [6.45, 7) is 1.37. The molecule has 0 saturated heterocycles. The van der Waals surface area contributed by atoms with Crippen LogP contribution in [-0.4, -0.2) is 36.0 Å². The molecule has 0 aliphatic rings. The van der Waals surface area contributed by atoms with Gasteiger partial charge in [0, 0.05) is 41.3 Å². The average molecular weight is 401 g/mol. The minimum atomic E-state index is -0.360. The molecule has 0 unspecified atom stereocenters. The fourth-order valence-electron chi connectivity index (χ4n) is 3.31. The van der Waals surface area contributed by atoms with Crippen LogP contribution in [0.1, 0.15) is 10.6 Å². The Morgan fingerprint density at radius 1 is 0.967 bits per heavy atom. The lowest BCUT2D eigenvalue weighted by atomic mass is 10.1. The summed E-state index contributed by atoms with van der Waals surface area (Å²) in [7, 11) is 3.94. The van der Waals surface area contributed by atoms with Crippen LogP contribution in [0.15, 0.2) is 82.1 Å². The van der Waals surface area contributed by atoms with Crippen molar-refractivity contribution in [3.63, 3.8) is 0 Å². The van der Waals surface area contributed by atoms with Gasteiger partial charge in [0.05, 0.1) is 0 Å². The number of furan rings is 1. The molecule has 2 aromatic heterocycles. The molecule has 6 heteroatoms. The highest BCUT2D eigenvalue weighted by Gasteiger charge is 2.14. The number of likely N-dealkylation sites (N-methyl/N-ethyl adjacent to an activating group) is 1. The summed E-state index contributed by atoms with van der Waals surface area (Å²) in [5.41, 5.74) is 1.40. The Balaban J connectivity index is 1.59. The number of amides is 1. The fraction of sp³-hybridized carbons (Fsp3) is 0.167. The molecule has 0 fully saturated rings. The third-order valence-corrected chi connectivity index (χ3v) is 4.94. The molecule has 1 N–H and O–H groups in total. The van der Waals surface area contributed by atoms with Crippen LogP contribution in [0.2, 0.25) is 0 Å². The van der Waals surface area contributed by atoms with Crippen LogP contribution in [0.4, 0.5) is 5.69 Å². The Hall–Kier alpha value is -3.64. The van der Waals surface area contributed by atoms with Gasteiger partial charge in [0.15, 0.2) is 5.76 Å². The van der Waals surface area contributed by atoms with Gasteiger partial charge >= 0.3 is 0 Å². The molecule has 0 bridgehead atoms. The van der Waals surface area contributed by atoms with Crippen molar-refractivity contribution in [1.29, 1.82) is 0 Å². The molecule has 4 aromatic rings. The van der Waals surface area contributed by atoms with Crippen LogP contribution < -0.4 is 10.9 Å². The maximum atomic E-state index is 12.8. The number of rotatable bonds is 6. The molecule has 0 saturated carbocycles. The SMILES string of the molecule is CN(C)CCn1ccc2c(NC(=O)c3ccc(-c4ccccc4)o3)cccc2c1=O. The van der Waals surface area contributed by atoms with E-state index in [1.165, 1.54) is 0 Å². The molecule has 0 atom stereocenters. The highest BCUT2D eigenvalue weighted by Crippen LogP contribution is 2.24. The number of carbonyl (C=O) groups is 1. The van der Waals surface area contributed by atoms with Crippen LogP contribution in [0, 0.1) is 0 Å². The van der Waals surface area contributed by atoms with E-state index in [-0.39, 0.29) is 17.2 Å². The lowest BCUT2D eigenvalue weighted by Crippen LogP contribution is -2.26. The smallest absolute Gasteiger partial charge is 0.291 e. The maximum absolute atomic E-state index is 12.8. The van der Waals surface area contributed by atoms with Crippen LogP contribution in [-0.2, 0) is 6.54 Å². The van der Waals surface area contributed by atoms with Crippen LogP contribution in [0.3, 0.4) is 0 Å². The lowest BCUT2D eigenvalue weighted by Gasteiger charge is -2.13. The second-order valence-corrected chi connectivity index (χ2v) is 7.37. The van der Waals surface area contributed by atoms with Gasteiger partial charge in [0.2, 0.25) is 0 Å². The summed E-state index contributed by atoms with van der Waals surface area (Å²) in [5.74, 6) is 0.481. The zero-order valence-electron chi connectivity index (χ0n) is 17.0. The van der Waals surface area contributed by atoms with Crippen LogP contribution in [0.5, 0.6) is 0 Å². The van der Waals surface area contributed by atoms with Crippen molar-refractivity contribution in [2.24, 2.45) is 0 Å². The molecule has 0 aliphatic carbocycles. The molecule has 30 heavy (non-hydrogen) atoms. The van der Waals surface area contributed by atoms with Gasteiger partial charge in [-0.2, -0.15) is 0 Å². The van der Waals surface area contributed by atoms with Crippen molar-refractivity contribution in [3.05, 3.63) is 89.0 Å². The molecule has 2 heterocycles. The molecule has 6 nitrogen and oxygen atoms in total. The number of hydrogen-bond acceptors (Lipinski definition) is 4. The summed E-state index contributed by atoms with van der Waals surface area (Å²) >= 11 is 0. The van der Waals surface area contributed by atoms with E-state index in [4.69, 9.17) is 4.42 Å². The van der Waals surface area contributed by atoms with E-state index in [9.17, 15) is 9.59 Å². The molecule has 1 amide bonds. The van der Waals surface area contributed by atoms with Gasteiger partial charge in [-0.3, -0.25) is 9.59 Å². The van der Waals surface area contributed by atoms with Crippen molar-refractivity contribution in [2.75, 3.05) is 26.0 Å². The van der Waals surface area contributed by atoms with Gasteiger partial charge in [-0.25, -0.2) is 0 Å². The second-order valence-electron chi connectivity index (χ2n) is 7.37. The van der Waals surface area contributed by atoms with Gasteiger partial charge in [-0.1, -0.05) is 36.4 Å². The molecule has 0 radical (unpaired) electrons. The minimum Gasteiger partial charge on any atom is -0.451 e. The molecule has 4 rings (SSSR count). The van der Waals surface area contributed by atoms with Crippen molar-refractivity contribution >= 4 is 22.4 Å². The first-order chi connectivity index (χ1) is 14.5. The van der Waals surface area contributed by atoms with E-state index in [1.807, 2.05) is 55.4 Å². The molecule has 0 spiro atoms. The first-order valence-electron chi connectivity index (χ1n) is 9.76.